The van der Waals surface area contributed by atoms with Gasteiger partial charge in [0.05, 0.1) is 6.07 Å². The van der Waals surface area contributed by atoms with Gasteiger partial charge in [-0.05, 0) is 12.8 Å². The van der Waals surface area contributed by atoms with E-state index in [1.54, 1.807) is 6.92 Å². The number of aliphatic hydroxyl groups is 1. The second-order valence-corrected chi connectivity index (χ2v) is 3.82. The number of hydrogen-bond donors (Lipinski definition) is 1. The van der Waals surface area contributed by atoms with Crippen LogP contribution in [0.5, 0.6) is 0 Å². The van der Waals surface area contributed by atoms with E-state index < -0.39 is 11.5 Å². The van der Waals surface area contributed by atoms with E-state index in [-0.39, 0.29) is 28.9 Å². The Labute approximate surface area is 140 Å². The molecule has 0 aromatic rings. The largest absolute Gasteiger partial charge is 2.00 e. The first-order valence-corrected chi connectivity index (χ1v) is 5.18. The maximum absolute atomic E-state index is 10.7. The van der Waals surface area contributed by atoms with Crippen molar-refractivity contribution in [3.63, 3.8) is 0 Å². The van der Waals surface area contributed by atoms with E-state index in [0.29, 0.717) is 12.8 Å². The van der Waals surface area contributed by atoms with E-state index in [1.807, 2.05) is 6.29 Å². The van der Waals surface area contributed by atoms with Gasteiger partial charge in [0, 0.05) is 12.0 Å². The number of hydrogen-bond acceptors (Lipinski definition) is 3. The van der Waals surface area contributed by atoms with E-state index in [4.69, 9.17) is 23.9 Å². The summed E-state index contributed by atoms with van der Waals surface area (Å²) in [6, 6.07) is 2.11. The molecule has 1 fully saturated rings. The van der Waals surface area contributed by atoms with Gasteiger partial charge >= 0.3 is 62.3 Å². The fraction of sp³-hybridized carbons (Fsp3) is 0.500. The van der Waals surface area contributed by atoms with Crippen LogP contribution in [0.25, 0.3) is 0 Å². The molecule has 0 aromatic heterocycles. The van der Waals surface area contributed by atoms with Gasteiger partial charge in [-0.3, -0.25) is 6.29 Å². The Morgan fingerprint density at radius 1 is 1.18 bits per heavy atom. The van der Waals surface area contributed by atoms with Gasteiger partial charge in [0.15, 0.2) is 0 Å². The molecule has 1 aliphatic rings. The van der Waals surface area contributed by atoms with Crippen LogP contribution in [0.1, 0.15) is 19.8 Å². The Hall–Kier alpha value is -1.40. The fourth-order valence-electron chi connectivity index (χ4n) is 1.80. The maximum atomic E-state index is 10.7. The Morgan fingerprint density at radius 3 is 1.82 bits per heavy atom. The second kappa shape index (κ2) is 21.9. The molecule has 0 aliphatic heterocycles. The SMILES string of the molecule is [C-]#[O+].[C-]#[O+].[C-]#[O+].[C-]#[O+].[CH2-]C1[C@@H](C#N)CC[C@H](O)[C@@]1(C)[C-]=O.[Fe+2]. The fourth-order valence-corrected chi connectivity index (χ4v) is 1.80. The van der Waals surface area contributed by atoms with E-state index in [1.165, 1.54) is 0 Å². The van der Waals surface area contributed by atoms with E-state index in [9.17, 15) is 9.90 Å². The topological polar surface area (TPSA) is 141 Å². The van der Waals surface area contributed by atoms with Gasteiger partial charge in [0.2, 0.25) is 0 Å². The predicted octanol–water partition coefficient (Wildman–Crippen LogP) is 0.695. The standard InChI is InChI=1S/C10H13NO2.4CO.Fe/c1-7-8(5-11)3-4-9(13)10(7,2)6-12;4*1-2;/h7-9,13H,1,3-4H2,2H3;;;;;/q-2;;;;;+2/t7?,8-,9+,10+;;;;;/m1...../s1. The number of aliphatic hydroxyl groups excluding tert-OH is 1. The monoisotopic (exact) mass is 347 g/mol. The average molecular weight is 347 g/mol. The van der Waals surface area contributed by atoms with Crippen LogP contribution < -0.4 is 0 Å². The van der Waals surface area contributed by atoms with Gasteiger partial charge < -0.3 is 16.8 Å². The van der Waals surface area contributed by atoms with Gasteiger partial charge in [0.1, 0.15) is 0 Å². The van der Waals surface area contributed by atoms with Crippen LogP contribution in [-0.2, 0) is 40.5 Å². The summed E-state index contributed by atoms with van der Waals surface area (Å²) in [5.41, 5.74) is -0.974. The van der Waals surface area contributed by atoms with Crippen molar-refractivity contribution in [2.75, 3.05) is 0 Å². The average Bonchev–Trinajstić information content (AvgIpc) is 2.60. The molecule has 1 aliphatic carbocycles. The van der Waals surface area contributed by atoms with Gasteiger partial charge in [-0.1, -0.05) is 6.92 Å². The molecular formula is C14H13FeNO6. The van der Waals surface area contributed by atoms with Crippen molar-refractivity contribution in [2.24, 2.45) is 17.3 Å². The first-order valence-electron chi connectivity index (χ1n) is 5.18. The number of rotatable bonds is 1. The first kappa shape index (κ1) is 32.5. The predicted molar refractivity (Wildman–Crippen MR) is 62.7 cm³/mol. The number of carbonyl (C=O) groups excluding carboxylic acids is 1. The zero-order chi connectivity index (χ0) is 18.1. The summed E-state index contributed by atoms with van der Waals surface area (Å²) in [5, 5.41) is 18.4. The molecule has 0 bridgehead atoms. The molecule has 118 valence electrons. The van der Waals surface area contributed by atoms with Gasteiger partial charge in [-0.15, -0.1) is 5.41 Å². The normalized spacial score (nSPS) is 27.1. The Kier molecular flexibility index (Phi) is 32.4. The van der Waals surface area contributed by atoms with Crippen molar-refractivity contribution < 1.29 is 45.6 Å². The van der Waals surface area contributed by atoms with Crippen LogP contribution in [-0.4, -0.2) is 17.5 Å². The molecule has 0 heterocycles. The van der Waals surface area contributed by atoms with Gasteiger partial charge in [-0.2, -0.15) is 11.2 Å². The third kappa shape index (κ3) is 9.52. The van der Waals surface area contributed by atoms with Gasteiger partial charge in [0.25, 0.3) is 0 Å². The zero-order valence-corrected chi connectivity index (χ0v) is 12.7. The molecule has 8 heteroatoms. The molecule has 1 rings (SSSR count). The van der Waals surface area contributed by atoms with Crippen LogP contribution in [0.15, 0.2) is 0 Å². The summed E-state index contributed by atoms with van der Waals surface area (Å²) in [4.78, 5) is 10.7. The van der Waals surface area contributed by atoms with Crippen LogP contribution in [0.4, 0.5) is 0 Å². The van der Waals surface area contributed by atoms with Crippen molar-refractivity contribution >= 4 is 6.29 Å². The number of nitrogens with zero attached hydrogens (tertiary/aromatic N) is 1. The first-order chi connectivity index (χ1) is 10.1. The molecule has 0 spiro atoms. The van der Waals surface area contributed by atoms with Crippen molar-refractivity contribution in [2.45, 2.75) is 25.9 Å². The molecule has 1 N–H and O–H groups in total. The van der Waals surface area contributed by atoms with Crippen molar-refractivity contribution in [3.05, 3.63) is 33.5 Å². The molecule has 4 atom stereocenters. The summed E-state index contributed by atoms with van der Waals surface area (Å²) >= 11 is 0. The summed E-state index contributed by atoms with van der Waals surface area (Å²) in [5.74, 6) is -0.603. The molecule has 0 radical (unpaired) electrons. The molecule has 22 heavy (non-hydrogen) atoms. The van der Waals surface area contributed by atoms with Crippen LogP contribution in [0.2, 0.25) is 0 Å². The summed E-state index contributed by atoms with van der Waals surface area (Å²) in [6.45, 7) is 23.4. The quantitative estimate of drug-likeness (QED) is 0.424. The molecular weight excluding hydrogens is 334 g/mol. The summed E-state index contributed by atoms with van der Waals surface area (Å²) in [7, 11) is 0. The van der Waals surface area contributed by atoms with Gasteiger partial charge in [-0.25, -0.2) is 0 Å². The summed E-state index contributed by atoms with van der Waals surface area (Å²) in [6.07, 6.45) is 2.22. The third-order valence-corrected chi connectivity index (χ3v) is 3.09. The molecule has 1 saturated carbocycles. The van der Waals surface area contributed by atoms with Crippen molar-refractivity contribution in [1.29, 1.82) is 5.26 Å². The second-order valence-electron chi connectivity index (χ2n) is 3.82. The molecule has 1 unspecified atom stereocenters. The minimum atomic E-state index is -0.974. The van der Waals surface area contributed by atoms with Crippen LogP contribution >= 0.6 is 0 Å². The molecule has 0 saturated heterocycles. The zero-order valence-electron chi connectivity index (χ0n) is 11.6. The number of nitriles is 1. The molecule has 7 nitrogen and oxygen atoms in total. The maximum Gasteiger partial charge on any atom is 2.00 e. The van der Waals surface area contributed by atoms with Crippen LogP contribution in [0.3, 0.4) is 0 Å². The van der Waals surface area contributed by atoms with E-state index >= 15 is 0 Å². The van der Waals surface area contributed by atoms with Crippen LogP contribution in [0, 0.1) is 62.1 Å². The van der Waals surface area contributed by atoms with Crippen molar-refractivity contribution in [3.8, 4) is 6.07 Å². The van der Waals surface area contributed by atoms with E-state index in [2.05, 4.69) is 39.6 Å². The Morgan fingerprint density at radius 2 is 1.55 bits per heavy atom. The minimum Gasteiger partial charge on any atom is -0.541 e. The Bertz CT molecular complexity index is 374. The molecule has 0 amide bonds. The van der Waals surface area contributed by atoms with E-state index in [0.717, 1.165) is 0 Å². The van der Waals surface area contributed by atoms with Crippen molar-refractivity contribution in [1.82, 2.24) is 0 Å². The summed E-state index contributed by atoms with van der Waals surface area (Å²) < 4.78 is 30.0. The Balaban J connectivity index is -0.0000000932. The molecule has 0 aromatic carbocycles. The minimum absolute atomic E-state index is 0. The third-order valence-electron chi connectivity index (χ3n) is 3.09. The smallest absolute Gasteiger partial charge is 0.541 e.